The summed E-state index contributed by atoms with van der Waals surface area (Å²) in [5.41, 5.74) is 2.20. The van der Waals surface area contributed by atoms with Crippen molar-refractivity contribution in [2.24, 2.45) is 0 Å². The number of rotatable bonds is 3. The van der Waals surface area contributed by atoms with Crippen molar-refractivity contribution in [1.29, 1.82) is 0 Å². The Morgan fingerprint density at radius 1 is 1.09 bits per heavy atom. The quantitative estimate of drug-likeness (QED) is 0.804. The van der Waals surface area contributed by atoms with E-state index in [0.29, 0.717) is 6.04 Å². The minimum atomic E-state index is -0.0532. The van der Waals surface area contributed by atoms with Crippen LogP contribution in [0.4, 0.5) is 5.69 Å². The largest absolute Gasteiger partial charge is 0.339 e. The van der Waals surface area contributed by atoms with Gasteiger partial charge >= 0.3 is 0 Å². The van der Waals surface area contributed by atoms with E-state index in [0.717, 1.165) is 50.9 Å². The molecule has 0 aromatic heterocycles. The van der Waals surface area contributed by atoms with E-state index in [1.807, 2.05) is 28.0 Å². The monoisotopic (exact) mass is 314 g/mol. The molecule has 1 aromatic carbocycles. The van der Waals surface area contributed by atoms with Crippen LogP contribution in [-0.4, -0.2) is 35.8 Å². The summed E-state index contributed by atoms with van der Waals surface area (Å²) in [6.07, 6.45) is 6.29. The van der Waals surface area contributed by atoms with Gasteiger partial charge in [0.15, 0.2) is 0 Å². The third-order valence-electron chi connectivity index (χ3n) is 5.13. The van der Waals surface area contributed by atoms with Crippen molar-refractivity contribution in [2.45, 2.75) is 57.9 Å². The number of piperidine rings is 1. The summed E-state index contributed by atoms with van der Waals surface area (Å²) < 4.78 is 0. The fourth-order valence-electron chi connectivity index (χ4n) is 3.87. The van der Waals surface area contributed by atoms with Crippen LogP contribution >= 0.6 is 0 Å². The first-order chi connectivity index (χ1) is 11.2. The van der Waals surface area contributed by atoms with E-state index in [-0.39, 0.29) is 18.2 Å². The van der Waals surface area contributed by atoms with E-state index in [9.17, 15) is 9.59 Å². The number of hydrogen-bond acceptors (Lipinski definition) is 2. The number of aryl methyl sites for hydroxylation is 1. The van der Waals surface area contributed by atoms with Gasteiger partial charge in [-0.25, -0.2) is 0 Å². The lowest BCUT2D eigenvalue weighted by Crippen LogP contribution is -2.46. The molecule has 0 spiro atoms. The van der Waals surface area contributed by atoms with Crippen LogP contribution in [0.3, 0.4) is 0 Å². The van der Waals surface area contributed by atoms with E-state index in [1.165, 1.54) is 12.0 Å². The van der Waals surface area contributed by atoms with E-state index in [1.54, 1.807) is 0 Å². The van der Waals surface area contributed by atoms with Crippen molar-refractivity contribution in [3.8, 4) is 0 Å². The normalized spacial score (nSPS) is 21.0. The number of anilines is 1. The molecule has 0 N–H and O–H groups in total. The molecular weight excluding hydrogens is 288 g/mol. The van der Waals surface area contributed by atoms with Gasteiger partial charge < -0.3 is 9.80 Å². The highest BCUT2D eigenvalue weighted by Gasteiger charge is 2.29. The summed E-state index contributed by atoms with van der Waals surface area (Å²) in [6.45, 7) is 3.65. The predicted molar refractivity (Wildman–Crippen MR) is 91.4 cm³/mol. The molecule has 2 heterocycles. The molecule has 1 atom stereocenters. The van der Waals surface area contributed by atoms with Crippen LogP contribution in [0.5, 0.6) is 0 Å². The van der Waals surface area contributed by atoms with Gasteiger partial charge in [0.1, 0.15) is 6.42 Å². The molecule has 1 fully saturated rings. The second-order valence-corrected chi connectivity index (χ2v) is 6.60. The fraction of sp³-hybridized carbons (Fsp3) is 0.579. The van der Waals surface area contributed by atoms with Crippen LogP contribution in [0.15, 0.2) is 24.3 Å². The van der Waals surface area contributed by atoms with Gasteiger partial charge in [-0.3, -0.25) is 9.59 Å². The third kappa shape index (κ3) is 3.41. The number of fused-ring (bicyclic) bond motifs is 1. The SMILES string of the molecule is CCC1CCCCN1C(=O)CC(=O)N1CCCc2ccccc21. The molecule has 124 valence electrons. The van der Waals surface area contributed by atoms with Crippen LogP contribution in [0.25, 0.3) is 0 Å². The lowest BCUT2D eigenvalue weighted by molar-refractivity contribution is -0.138. The number of hydrogen-bond donors (Lipinski definition) is 0. The van der Waals surface area contributed by atoms with Crippen molar-refractivity contribution in [3.63, 3.8) is 0 Å². The molecule has 2 amide bonds. The summed E-state index contributed by atoms with van der Waals surface area (Å²) in [5, 5.41) is 0. The van der Waals surface area contributed by atoms with Crippen molar-refractivity contribution in [1.82, 2.24) is 4.90 Å². The van der Waals surface area contributed by atoms with E-state index < -0.39 is 0 Å². The van der Waals surface area contributed by atoms with Gasteiger partial charge in [0.2, 0.25) is 11.8 Å². The highest BCUT2D eigenvalue weighted by Crippen LogP contribution is 2.28. The molecule has 2 aliphatic heterocycles. The Kier molecular flexibility index (Phi) is 4.99. The van der Waals surface area contributed by atoms with E-state index in [2.05, 4.69) is 13.0 Å². The Morgan fingerprint density at radius 3 is 2.74 bits per heavy atom. The Morgan fingerprint density at radius 2 is 1.91 bits per heavy atom. The first-order valence-corrected chi connectivity index (χ1v) is 8.88. The van der Waals surface area contributed by atoms with Gasteiger partial charge in [-0.15, -0.1) is 0 Å². The maximum Gasteiger partial charge on any atom is 0.236 e. The van der Waals surface area contributed by atoms with Crippen LogP contribution in [0.2, 0.25) is 0 Å². The molecule has 23 heavy (non-hydrogen) atoms. The highest BCUT2D eigenvalue weighted by molar-refractivity contribution is 6.05. The first kappa shape index (κ1) is 16.0. The second kappa shape index (κ2) is 7.16. The Bertz CT molecular complexity index is 584. The molecular formula is C19H26N2O2. The molecule has 3 rings (SSSR count). The number of para-hydroxylation sites is 1. The maximum absolute atomic E-state index is 12.7. The number of amides is 2. The number of benzene rings is 1. The molecule has 0 saturated carbocycles. The molecule has 0 bridgehead atoms. The number of nitrogens with zero attached hydrogens (tertiary/aromatic N) is 2. The van der Waals surface area contributed by atoms with Crippen LogP contribution < -0.4 is 4.90 Å². The van der Waals surface area contributed by atoms with Gasteiger partial charge in [-0.2, -0.15) is 0 Å². The van der Waals surface area contributed by atoms with E-state index in [4.69, 9.17) is 0 Å². The third-order valence-corrected chi connectivity index (χ3v) is 5.13. The molecule has 0 radical (unpaired) electrons. The minimum Gasteiger partial charge on any atom is -0.339 e. The van der Waals surface area contributed by atoms with E-state index >= 15 is 0 Å². The number of carbonyl (C=O) groups is 2. The standard InChI is InChI=1S/C19H26N2O2/c1-2-16-10-5-6-12-20(16)18(22)14-19(23)21-13-7-9-15-8-3-4-11-17(15)21/h3-4,8,11,16H,2,5-7,9-10,12-14H2,1H3. The average molecular weight is 314 g/mol. The molecule has 2 aliphatic rings. The Hall–Kier alpha value is -1.84. The van der Waals surface area contributed by atoms with Crippen molar-refractivity contribution in [3.05, 3.63) is 29.8 Å². The molecule has 0 aliphatic carbocycles. The van der Waals surface area contributed by atoms with Crippen molar-refractivity contribution >= 4 is 17.5 Å². The summed E-state index contributed by atoms with van der Waals surface area (Å²) >= 11 is 0. The topological polar surface area (TPSA) is 40.6 Å². The molecule has 1 aromatic rings. The van der Waals surface area contributed by atoms with Crippen LogP contribution in [-0.2, 0) is 16.0 Å². The average Bonchev–Trinajstić information content (AvgIpc) is 2.61. The van der Waals surface area contributed by atoms with Gasteiger partial charge in [0.05, 0.1) is 0 Å². The smallest absolute Gasteiger partial charge is 0.236 e. The fourth-order valence-corrected chi connectivity index (χ4v) is 3.87. The second-order valence-electron chi connectivity index (χ2n) is 6.60. The zero-order chi connectivity index (χ0) is 16.2. The van der Waals surface area contributed by atoms with Gasteiger partial charge in [0, 0.05) is 24.8 Å². The van der Waals surface area contributed by atoms with Gasteiger partial charge in [0.25, 0.3) is 0 Å². The Balaban J connectivity index is 1.69. The summed E-state index contributed by atoms with van der Waals surface area (Å²) in [7, 11) is 0. The minimum absolute atomic E-state index is 0.00426. The predicted octanol–water partition coefficient (Wildman–Crippen LogP) is 3.15. The van der Waals surface area contributed by atoms with Crippen molar-refractivity contribution < 1.29 is 9.59 Å². The molecule has 4 nitrogen and oxygen atoms in total. The lowest BCUT2D eigenvalue weighted by atomic mass is 9.99. The zero-order valence-corrected chi connectivity index (χ0v) is 14.0. The maximum atomic E-state index is 12.7. The van der Waals surface area contributed by atoms with Crippen LogP contribution in [0, 0.1) is 0 Å². The zero-order valence-electron chi connectivity index (χ0n) is 14.0. The van der Waals surface area contributed by atoms with Gasteiger partial charge in [-0.05, 0) is 50.2 Å². The molecule has 1 saturated heterocycles. The molecule has 4 heteroatoms. The van der Waals surface area contributed by atoms with Crippen LogP contribution in [0.1, 0.15) is 51.0 Å². The number of likely N-dealkylation sites (tertiary alicyclic amines) is 1. The number of carbonyl (C=O) groups excluding carboxylic acids is 2. The summed E-state index contributed by atoms with van der Waals surface area (Å²) in [4.78, 5) is 29.0. The first-order valence-electron chi connectivity index (χ1n) is 8.88. The highest BCUT2D eigenvalue weighted by atomic mass is 16.2. The van der Waals surface area contributed by atoms with Crippen molar-refractivity contribution in [2.75, 3.05) is 18.0 Å². The summed E-state index contributed by atoms with van der Waals surface area (Å²) in [6, 6.07) is 8.36. The van der Waals surface area contributed by atoms with Gasteiger partial charge in [-0.1, -0.05) is 25.1 Å². The lowest BCUT2D eigenvalue weighted by Gasteiger charge is -2.36. The Labute approximate surface area is 138 Å². The summed E-state index contributed by atoms with van der Waals surface area (Å²) in [5.74, 6) is -0.0489. The molecule has 1 unspecified atom stereocenters.